The third-order valence-electron chi connectivity index (χ3n) is 3.49. The zero-order valence-corrected chi connectivity index (χ0v) is 13.7. The molecule has 0 fully saturated rings. The minimum atomic E-state index is -3.70. The first-order valence-corrected chi connectivity index (χ1v) is 8.60. The first kappa shape index (κ1) is 16.0. The van der Waals surface area contributed by atoms with E-state index in [0.29, 0.717) is 11.5 Å². The topological polar surface area (TPSA) is 103 Å². The first-order chi connectivity index (χ1) is 11.4. The molecule has 3 aromatic rings. The Hall–Kier alpha value is -2.84. The van der Waals surface area contributed by atoms with Gasteiger partial charge in [0.25, 0.3) is 0 Å². The van der Waals surface area contributed by atoms with Crippen LogP contribution in [0.3, 0.4) is 0 Å². The first-order valence-electron chi connectivity index (χ1n) is 7.06. The molecular formula is C16H15N5O2S. The smallest absolute Gasteiger partial charge is 0.238 e. The Morgan fingerprint density at radius 1 is 1.04 bits per heavy atom. The third-order valence-corrected chi connectivity index (χ3v) is 4.41. The molecule has 1 aromatic carbocycles. The third kappa shape index (κ3) is 3.39. The lowest BCUT2D eigenvalue weighted by Crippen LogP contribution is -2.11. The van der Waals surface area contributed by atoms with Crippen molar-refractivity contribution in [3.05, 3.63) is 60.9 Å². The standard InChI is InChI=1S/C16H15N5O2S/c1-21-15(12-3-2-10-18-11-12)8-9-16(21)20-19-13-4-6-14(7-5-13)24(17,22)23/h2-11H,1H3,(H2,17,22,23). The second-order valence-corrected chi connectivity index (χ2v) is 6.68. The average Bonchev–Trinajstić information content (AvgIpc) is 2.94. The van der Waals surface area contributed by atoms with Crippen molar-refractivity contribution in [1.82, 2.24) is 9.55 Å². The predicted molar refractivity (Wildman–Crippen MR) is 90.6 cm³/mol. The quantitative estimate of drug-likeness (QED) is 0.737. The highest BCUT2D eigenvalue weighted by Gasteiger charge is 2.08. The molecule has 0 aliphatic heterocycles. The van der Waals surface area contributed by atoms with Crippen molar-refractivity contribution in [3.63, 3.8) is 0 Å². The van der Waals surface area contributed by atoms with Crippen molar-refractivity contribution in [3.8, 4) is 11.3 Å². The number of hydrogen-bond acceptors (Lipinski definition) is 5. The van der Waals surface area contributed by atoms with Crippen LogP contribution in [0.1, 0.15) is 0 Å². The molecule has 0 unspecified atom stereocenters. The molecule has 8 heteroatoms. The minimum absolute atomic E-state index is 0.0409. The maximum atomic E-state index is 11.2. The average molecular weight is 341 g/mol. The van der Waals surface area contributed by atoms with E-state index >= 15 is 0 Å². The number of sulfonamides is 1. The van der Waals surface area contributed by atoms with Crippen LogP contribution >= 0.6 is 0 Å². The number of aromatic nitrogens is 2. The van der Waals surface area contributed by atoms with Crippen LogP contribution in [0.2, 0.25) is 0 Å². The molecule has 2 aromatic heterocycles. The number of nitrogens with zero attached hydrogens (tertiary/aromatic N) is 4. The van der Waals surface area contributed by atoms with E-state index < -0.39 is 10.0 Å². The van der Waals surface area contributed by atoms with Crippen LogP contribution in [-0.2, 0) is 17.1 Å². The van der Waals surface area contributed by atoms with Gasteiger partial charge >= 0.3 is 0 Å². The highest BCUT2D eigenvalue weighted by atomic mass is 32.2. The predicted octanol–water partition coefficient (Wildman–Crippen LogP) is 3.15. The summed E-state index contributed by atoms with van der Waals surface area (Å²) in [6.07, 6.45) is 3.50. The van der Waals surface area contributed by atoms with E-state index in [2.05, 4.69) is 15.2 Å². The Morgan fingerprint density at radius 3 is 2.42 bits per heavy atom. The lowest BCUT2D eigenvalue weighted by Gasteiger charge is -2.04. The van der Waals surface area contributed by atoms with Gasteiger partial charge in [-0.25, -0.2) is 13.6 Å². The minimum Gasteiger partial charge on any atom is -0.327 e. The highest BCUT2D eigenvalue weighted by Crippen LogP contribution is 2.26. The van der Waals surface area contributed by atoms with Crippen molar-refractivity contribution in [1.29, 1.82) is 0 Å². The fourth-order valence-corrected chi connectivity index (χ4v) is 2.73. The van der Waals surface area contributed by atoms with Gasteiger partial charge in [-0.05, 0) is 48.5 Å². The van der Waals surface area contributed by atoms with Crippen LogP contribution in [0.15, 0.2) is 76.0 Å². The number of nitrogens with two attached hydrogens (primary N) is 1. The van der Waals surface area contributed by atoms with Gasteiger partial charge in [0.1, 0.15) is 0 Å². The molecule has 2 N–H and O–H groups in total. The van der Waals surface area contributed by atoms with Gasteiger partial charge in [-0.2, -0.15) is 0 Å². The molecule has 0 aliphatic carbocycles. The number of primary sulfonamides is 1. The van der Waals surface area contributed by atoms with E-state index in [1.54, 1.807) is 24.5 Å². The van der Waals surface area contributed by atoms with Crippen LogP contribution in [0.25, 0.3) is 11.3 Å². The number of azo groups is 1. The van der Waals surface area contributed by atoms with Crippen LogP contribution in [-0.4, -0.2) is 18.0 Å². The normalized spacial score (nSPS) is 11.9. The van der Waals surface area contributed by atoms with Crippen molar-refractivity contribution in [2.24, 2.45) is 22.4 Å². The molecule has 24 heavy (non-hydrogen) atoms. The monoisotopic (exact) mass is 341 g/mol. The van der Waals surface area contributed by atoms with Gasteiger partial charge in [0.2, 0.25) is 10.0 Å². The highest BCUT2D eigenvalue weighted by molar-refractivity contribution is 7.89. The summed E-state index contributed by atoms with van der Waals surface area (Å²) in [5.74, 6) is 0.671. The Morgan fingerprint density at radius 2 is 1.79 bits per heavy atom. The molecule has 0 atom stereocenters. The van der Waals surface area contributed by atoms with Gasteiger partial charge in [0.05, 0.1) is 16.3 Å². The van der Waals surface area contributed by atoms with Crippen LogP contribution in [0.5, 0.6) is 0 Å². The Balaban J connectivity index is 1.84. The summed E-state index contributed by atoms with van der Waals surface area (Å²) in [6, 6.07) is 13.5. The molecule has 0 spiro atoms. The van der Waals surface area contributed by atoms with E-state index in [1.807, 2.05) is 35.9 Å². The summed E-state index contributed by atoms with van der Waals surface area (Å²) in [6.45, 7) is 0. The molecule has 0 aliphatic rings. The van der Waals surface area contributed by atoms with Gasteiger partial charge in [-0.15, -0.1) is 10.2 Å². The summed E-state index contributed by atoms with van der Waals surface area (Å²) >= 11 is 0. The maximum absolute atomic E-state index is 11.2. The fourth-order valence-electron chi connectivity index (χ4n) is 2.22. The van der Waals surface area contributed by atoms with Gasteiger partial charge in [-0.1, -0.05) is 0 Å². The van der Waals surface area contributed by atoms with Gasteiger partial charge in [0, 0.05) is 25.0 Å². The fraction of sp³-hybridized carbons (Fsp3) is 0.0625. The van der Waals surface area contributed by atoms with E-state index in [-0.39, 0.29) is 4.90 Å². The van der Waals surface area contributed by atoms with E-state index in [0.717, 1.165) is 11.3 Å². The van der Waals surface area contributed by atoms with Gasteiger partial charge < -0.3 is 4.57 Å². The Kier molecular flexibility index (Phi) is 4.24. The molecule has 0 amide bonds. The van der Waals surface area contributed by atoms with Crippen LogP contribution in [0.4, 0.5) is 11.5 Å². The van der Waals surface area contributed by atoms with Crippen LogP contribution in [0, 0.1) is 0 Å². The molecule has 0 bridgehead atoms. The van der Waals surface area contributed by atoms with Crippen molar-refractivity contribution in [2.75, 3.05) is 0 Å². The maximum Gasteiger partial charge on any atom is 0.238 e. The van der Waals surface area contributed by atoms with Crippen molar-refractivity contribution >= 4 is 21.5 Å². The zero-order valence-electron chi connectivity index (χ0n) is 12.9. The number of hydrogen-bond donors (Lipinski definition) is 1. The van der Waals surface area contributed by atoms with E-state index in [4.69, 9.17) is 5.14 Å². The summed E-state index contributed by atoms with van der Waals surface area (Å²) in [4.78, 5) is 4.15. The second-order valence-electron chi connectivity index (χ2n) is 5.12. The van der Waals surface area contributed by atoms with E-state index in [9.17, 15) is 8.42 Å². The lowest BCUT2D eigenvalue weighted by molar-refractivity contribution is 0.598. The van der Waals surface area contributed by atoms with Crippen molar-refractivity contribution < 1.29 is 8.42 Å². The molecule has 0 saturated carbocycles. The van der Waals surface area contributed by atoms with Crippen LogP contribution < -0.4 is 5.14 Å². The largest absolute Gasteiger partial charge is 0.327 e. The SMILES string of the molecule is Cn1c(N=Nc2ccc(S(N)(=O)=O)cc2)ccc1-c1cccnc1. The summed E-state index contributed by atoms with van der Waals surface area (Å²) < 4.78 is 24.3. The number of benzene rings is 1. The molecule has 3 rings (SSSR count). The summed E-state index contributed by atoms with van der Waals surface area (Å²) in [5.41, 5.74) is 2.49. The van der Waals surface area contributed by atoms with Gasteiger partial charge in [0.15, 0.2) is 5.82 Å². The Bertz CT molecular complexity index is 977. The van der Waals surface area contributed by atoms with Crippen molar-refractivity contribution in [2.45, 2.75) is 4.90 Å². The summed E-state index contributed by atoms with van der Waals surface area (Å²) in [7, 11) is -1.81. The molecule has 0 saturated heterocycles. The molecule has 122 valence electrons. The van der Waals surface area contributed by atoms with E-state index in [1.165, 1.54) is 12.1 Å². The number of rotatable bonds is 4. The van der Waals surface area contributed by atoms with Gasteiger partial charge in [-0.3, -0.25) is 4.98 Å². The lowest BCUT2D eigenvalue weighted by atomic mass is 10.2. The molecule has 7 nitrogen and oxygen atoms in total. The number of pyridine rings is 1. The molecule has 2 heterocycles. The summed E-state index contributed by atoms with van der Waals surface area (Å²) in [5, 5.41) is 13.4. The molecular weight excluding hydrogens is 326 g/mol. The second kappa shape index (κ2) is 6.34. The molecule has 0 radical (unpaired) electrons. The Labute approximate surface area is 139 Å². The zero-order chi connectivity index (χ0) is 17.2.